The van der Waals surface area contributed by atoms with Crippen molar-refractivity contribution in [2.75, 3.05) is 0 Å². The Bertz CT molecular complexity index is 776. The molecule has 120 valence electrons. The van der Waals surface area contributed by atoms with Crippen LogP contribution in [0.25, 0.3) is 0 Å². The molecule has 3 rings (SSSR count). The highest BCUT2D eigenvalue weighted by molar-refractivity contribution is 7.09. The van der Waals surface area contributed by atoms with Crippen LogP contribution in [0, 0.1) is 13.8 Å². The minimum absolute atomic E-state index is 0.0545. The molecule has 0 fully saturated rings. The zero-order chi connectivity index (χ0) is 16.2. The van der Waals surface area contributed by atoms with E-state index in [1.165, 1.54) is 5.56 Å². The molecule has 0 saturated heterocycles. The molecule has 1 atom stereocenters. The third-order valence-corrected chi connectivity index (χ3v) is 5.17. The summed E-state index contributed by atoms with van der Waals surface area (Å²) in [6.45, 7) is 4.15. The Kier molecular flexibility index (Phi) is 4.88. The average molecular weight is 346 g/mol. The monoisotopic (exact) mass is 346 g/mol. The number of carbonyl (C=O) groups is 1. The molecule has 23 heavy (non-hydrogen) atoms. The maximum atomic E-state index is 12.3. The maximum Gasteiger partial charge on any atom is 0.242 e. The first-order valence-electron chi connectivity index (χ1n) is 7.31. The van der Waals surface area contributed by atoms with Gasteiger partial charge in [0, 0.05) is 23.7 Å². The van der Waals surface area contributed by atoms with E-state index in [1.54, 1.807) is 33.6 Å². The van der Waals surface area contributed by atoms with Crippen LogP contribution in [0.3, 0.4) is 0 Å². The quantitative estimate of drug-likeness (QED) is 0.746. The van der Waals surface area contributed by atoms with E-state index < -0.39 is 0 Å². The van der Waals surface area contributed by atoms with Gasteiger partial charge in [0.1, 0.15) is 11.6 Å². The summed E-state index contributed by atoms with van der Waals surface area (Å²) in [5, 5.41) is 14.4. The lowest BCUT2D eigenvalue weighted by Gasteiger charge is -2.16. The van der Waals surface area contributed by atoms with Gasteiger partial charge < -0.3 is 5.32 Å². The zero-order valence-electron chi connectivity index (χ0n) is 13.0. The summed E-state index contributed by atoms with van der Waals surface area (Å²) in [6, 6.07) is 1.98. The van der Waals surface area contributed by atoms with Gasteiger partial charge in [-0.2, -0.15) is 16.4 Å². The molecular formula is C16H18N4OS2. The molecule has 3 aromatic rings. The van der Waals surface area contributed by atoms with Crippen LogP contribution in [0.1, 0.15) is 27.9 Å². The SMILES string of the molecule is Cc1cnn(CC(=O)N[C@@H](Cc2ccsc2)c2nc(C)cs2)c1. The van der Waals surface area contributed by atoms with Crippen LogP contribution in [0.4, 0.5) is 0 Å². The molecule has 1 amide bonds. The molecule has 0 radical (unpaired) electrons. The summed E-state index contributed by atoms with van der Waals surface area (Å²) in [4.78, 5) is 16.9. The van der Waals surface area contributed by atoms with E-state index in [0.717, 1.165) is 22.7 Å². The lowest BCUT2D eigenvalue weighted by molar-refractivity contribution is -0.122. The van der Waals surface area contributed by atoms with Crippen LogP contribution in [-0.2, 0) is 17.8 Å². The van der Waals surface area contributed by atoms with E-state index in [-0.39, 0.29) is 18.5 Å². The first kappa shape index (κ1) is 15.9. The zero-order valence-corrected chi connectivity index (χ0v) is 14.7. The minimum Gasteiger partial charge on any atom is -0.345 e. The smallest absolute Gasteiger partial charge is 0.242 e. The molecule has 7 heteroatoms. The minimum atomic E-state index is -0.104. The highest BCUT2D eigenvalue weighted by Crippen LogP contribution is 2.23. The highest BCUT2D eigenvalue weighted by atomic mass is 32.1. The van der Waals surface area contributed by atoms with E-state index in [9.17, 15) is 4.79 Å². The number of nitrogens with one attached hydrogen (secondary N) is 1. The number of hydrogen-bond acceptors (Lipinski definition) is 5. The largest absolute Gasteiger partial charge is 0.345 e. The van der Waals surface area contributed by atoms with Gasteiger partial charge in [-0.3, -0.25) is 9.48 Å². The first-order valence-corrected chi connectivity index (χ1v) is 9.14. The number of aromatic nitrogens is 3. The van der Waals surface area contributed by atoms with E-state index in [0.29, 0.717) is 0 Å². The number of amides is 1. The van der Waals surface area contributed by atoms with Crippen LogP contribution >= 0.6 is 22.7 Å². The van der Waals surface area contributed by atoms with Crippen molar-refractivity contribution in [1.82, 2.24) is 20.1 Å². The summed E-state index contributed by atoms with van der Waals surface area (Å²) in [5.41, 5.74) is 3.24. The molecule has 1 N–H and O–H groups in total. The van der Waals surface area contributed by atoms with Crippen LogP contribution in [0.15, 0.2) is 34.6 Å². The second-order valence-corrected chi connectivity index (χ2v) is 7.17. The number of nitrogens with zero attached hydrogens (tertiary/aromatic N) is 3. The molecule has 0 aliphatic rings. The number of thiophene rings is 1. The van der Waals surface area contributed by atoms with Gasteiger partial charge in [-0.1, -0.05) is 0 Å². The predicted octanol–water partition coefficient (Wildman–Crippen LogP) is 3.12. The predicted molar refractivity (Wildman–Crippen MR) is 92.7 cm³/mol. The summed E-state index contributed by atoms with van der Waals surface area (Å²) < 4.78 is 1.65. The van der Waals surface area contributed by atoms with E-state index in [1.807, 2.05) is 30.8 Å². The lowest BCUT2D eigenvalue weighted by Crippen LogP contribution is -2.32. The number of thiazole rings is 1. The number of rotatable bonds is 6. The number of carbonyl (C=O) groups excluding carboxylic acids is 1. The maximum absolute atomic E-state index is 12.3. The molecule has 0 spiro atoms. The summed E-state index contributed by atoms with van der Waals surface area (Å²) in [7, 11) is 0. The van der Waals surface area contributed by atoms with Crippen LogP contribution in [-0.4, -0.2) is 20.7 Å². The van der Waals surface area contributed by atoms with E-state index >= 15 is 0 Å². The highest BCUT2D eigenvalue weighted by Gasteiger charge is 2.19. The Morgan fingerprint density at radius 1 is 1.39 bits per heavy atom. The van der Waals surface area contributed by atoms with Crippen LogP contribution in [0.2, 0.25) is 0 Å². The average Bonchev–Trinajstić information content (AvgIpc) is 3.22. The van der Waals surface area contributed by atoms with Crippen molar-refractivity contribution in [2.45, 2.75) is 32.9 Å². The van der Waals surface area contributed by atoms with Gasteiger partial charge in [0.25, 0.3) is 0 Å². The molecule has 0 aliphatic carbocycles. The molecule has 0 unspecified atom stereocenters. The topological polar surface area (TPSA) is 59.8 Å². The van der Waals surface area contributed by atoms with Crippen LogP contribution in [0.5, 0.6) is 0 Å². The Hall–Kier alpha value is -1.99. The normalized spacial score (nSPS) is 12.3. The van der Waals surface area contributed by atoms with Crippen molar-refractivity contribution >= 4 is 28.6 Å². The van der Waals surface area contributed by atoms with E-state index in [4.69, 9.17) is 0 Å². The van der Waals surface area contributed by atoms with Crippen molar-refractivity contribution in [3.05, 3.63) is 56.4 Å². The van der Waals surface area contributed by atoms with Crippen molar-refractivity contribution in [1.29, 1.82) is 0 Å². The second kappa shape index (κ2) is 7.06. The Labute approximate surface area is 143 Å². The fourth-order valence-electron chi connectivity index (χ4n) is 2.32. The van der Waals surface area contributed by atoms with Crippen molar-refractivity contribution in [2.24, 2.45) is 0 Å². The summed E-state index contributed by atoms with van der Waals surface area (Å²) in [5.74, 6) is -0.0545. The van der Waals surface area contributed by atoms with Gasteiger partial charge in [0.2, 0.25) is 5.91 Å². The third kappa shape index (κ3) is 4.27. The van der Waals surface area contributed by atoms with Crippen molar-refractivity contribution in [3.8, 4) is 0 Å². The fraction of sp³-hybridized carbons (Fsp3) is 0.312. The van der Waals surface area contributed by atoms with Gasteiger partial charge in [-0.25, -0.2) is 4.98 Å². The Morgan fingerprint density at radius 2 is 2.26 bits per heavy atom. The second-order valence-electron chi connectivity index (χ2n) is 5.50. The molecule has 3 aromatic heterocycles. The molecule has 0 saturated carbocycles. The first-order chi connectivity index (χ1) is 11.1. The lowest BCUT2D eigenvalue weighted by atomic mass is 10.1. The van der Waals surface area contributed by atoms with Crippen molar-refractivity contribution < 1.29 is 4.79 Å². The summed E-state index contributed by atoms with van der Waals surface area (Å²) in [6.07, 6.45) is 4.36. The molecule has 0 aromatic carbocycles. The van der Waals surface area contributed by atoms with Gasteiger partial charge in [0.05, 0.1) is 12.2 Å². The Morgan fingerprint density at radius 3 is 2.87 bits per heavy atom. The van der Waals surface area contributed by atoms with Gasteiger partial charge in [-0.15, -0.1) is 11.3 Å². The molecule has 0 bridgehead atoms. The Balaban J connectivity index is 1.71. The molecular weight excluding hydrogens is 328 g/mol. The molecule has 0 aliphatic heterocycles. The molecule has 5 nitrogen and oxygen atoms in total. The van der Waals surface area contributed by atoms with Gasteiger partial charge in [0.15, 0.2) is 0 Å². The number of hydrogen-bond donors (Lipinski definition) is 1. The third-order valence-electron chi connectivity index (χ3n) is 3.36. The van der Waals surface area contributed by atoms with Crippen molar-refractivity contribution in [3.63, 3.8) is 0 Å². The van der Waals surface area contributed by atoms with Gasteiger partial charge in [-0.05, 0) is 41.8 Å². The fourth-order valence-corrected chi connectivity index (χ4v) is 3.85. The standard InChI is InChI=1S/C16H18N4OS2/c1-11-6-17-20(7-11)8-15(21)19-14(5-13-3-4-22-10-13)16-18-12(2)9-23-16/h3-4,6-7,9-10,14H,5,8H2,1-2H3,(H,19,21)/t14-/m0/s1. The number of aryl methyl sites for hydroxylation is 2. The molecule has 3 heterocycles. The van der Waals surface area contributed by atoms with Gasteiger partial charge >= 0.3 is 0 Å². The van der Waals surface area contributed by atoms with Crippen LogP contribution < -0.4 is 5.32 Å². The van der Waals surface area contributed by atoms with E-state index in [2.05, 4.69) is 26.8 Å². The summed E-state index contributed by atoms with van der Waals surface area (Å²) >= 11 is 3.25.